The lowest BCUT2D eigenvalue weighted by Crippen LogP contribution is -2.39. The minimum absolute atomic E-state index is 0.590. The van der Waals surface area contributed by atoms with Crippen LogP contribution in [0.1, 0.15) is 12.0 Å². The van der Waals surface area contributed by atoms with Crippen LogP contribution in [0.25, 0.3) is 6.08 Å². The van der Waals surface area contributed by atoms with E-state index in [1.54, 1.807) is 0 Å². The van der Waals surface area contributed by atoms with E-state index in [-0.39, 0.29) is 0 Å². The second kappa shape index (κ2) is 5.88. The number of anilines is 1. The van der Waals surface area contributed by atoms with Crippen molar-refractivity contribution >= 4 is 11.8 Å². The van der Waals surface area contributed by atoms with Crippen LogP contribution in [-0.4, -0.2) is 31.1 Å². The summed E-state index contributed by atoms with van der Waals surface area (Å²) in [5, 5.41) is 0. The normalized spacial score (nSPS) is 22.4. The molecule has 2 nitrogen and oxygen atoms in total. The summed E-state index contributed by atoms with van der Waals surface area (Å²) >= 11 is 0. The quantitative estimate of drug-likeness (QED) is 0.780. The number of fused-ring (bicyclic) bond motifs is 2. The number of allylic oxidation sites excluding steroid dienone is 4. The minimum Gasteiger partial charge on any atom is -0.369 e. The molecule has 1 aromatic rings. The lowest BCUT2D eigenvalue weighted by molar-refractivity contribution is 0.336. The van der Waals surface area contributed by atoms with Crippen molar-refractivity contribution in [3.8, 4) is 0 Å². The molecule has 0 amide bonds. The first kappa shape index (κ1) is 13.4. The van der Waals surface area contributed by atoms with E-state index in [4.69, 9.17) is 0 Å². The van der Waals surface area contributed by atoms with Crippen LogP contribution < -0.4 is 4.90 Å². The van der Waals surface area contributed by atoms with Crippen molar-refractivity contribution in [1.29, 1.82) is 0 Å². The van der Waals surface area contributed by atoms with E-state index in [1.165, 1.54) is 16.9 Å². The Labute approximate surface area is 132 Å². The van der Waals surface area contributed by atoms with Crippen LogP contribution in [0.15, 0.2) is 66.4 Å². The Hall–Kier alpha value is -2.22. The van der Waals surface area contributed by atoms with Gasteiger partial charge >= 0.3 is 0 Å². The van der Waals surface area contributed by atoms with Gasteiger partial charge in [-0.2, -0.15) is 0 Å². The van der Waals surface area contributed by atoms with Crippen LogP contribution in [-0.2, 0) is 0 Å². The third-order valence-electron chi connectivity index (χ3n) is 4.77. The SMILES string of the molecule is C1=CCC2C=CCN(CCN3CC=Cc4ccccc43)C2=C1. The maximum atomic E-state index is 2.54. The number of benzene rings is 1. The fourth-order valence-electron chi connectivity index (χ4n) is 3.61. The first-order valence-corrected chi connectivity index (χ1v) is 8.21. The number of hydrogen-bond donors (Lipinski definition) is 0. The maximum Gasteiger partial charge on any atom is 0.0443 e. The molecule has 112 valence electrons. The standard InChI is InChI=1S/C20H22N2/c1-3-11-19-17(7-1)9-5-13-21(19)15-16-22-14-6-10-18-8-2-4-12-20(18)22/h1-7,9-12,18H,8,13-16H2. The highest BCUT2D eigenvalue weighted by molar-refractivity contribution is 5.71. The van der Waals surface area contributed by atoms with Crippen molar-refractivity contribution in [3.05, 3.63) is 72.0 Å². The van der Waals surface area contributed by atoms with Gasteiger partial charge in [0.2, 0.25) is 0 Å². The molecule has 2 heterocycles. The minimum atomic E-state index is 0.590. The van der Waals surface area contributed by atoms with Gasteiger partial charge in [0.15, 0.2) is 0 Å². The topological polar surface area (TPSA) is 6.48 Å². The zero-order valence-corrected chi connectivity index (χ0v) is 12.9. The molecule has 0 spiro atoms. The maximum absolute atomic E-state index is 2.54. The van der Waals surface area contributed by atoms with E-state index >= 15 is 0 Å². The highest BCUT2D eigenvalue weighted by atomic mass is 15.2. The number of nitrogens with zero attached hydrogens (tertiary/aromatic N) is 2. The Morgan fingerprint density at radius 3 is 2.82 bits per heavy atom. The molecule has 0 saturated heterocycles. The molecule has 1 unspecified atom stereocenters. The molecule has 4 rings (SSSR count). The third kappa shape index (κ3) is 2.50. The van der Waals surface area contributed by atoms with Crippen LogP contribution >= 0.6 is 0 Å². The van der Waals surface area contributed by atoms with Crippen molar-refractivity contribution in [2.75, 3.05) is 31.1 Å². The third-order valence-corrected chi connectivity index (χ3v) is 4.77. The first-order chi connectivity index (χ1) is 10.9. The molecule has 0 N–H and O–H groups in total. The van der Waals surface area contributed by atoms with Crippen molar-refractivity contribution < 1.29 is 0 Å². The lowest BCUT2D eigenvalue weighted by Gasteiger charge is -2.37. The molecule has 2 aliphatic heterocycles. The number of para-hydroxylation sites is 1. The van der Waals surface area contributed by atoms with Gasteiger partial charge in [-0.25, -0.2) is 0 Å². The summed E-state index contributed by atoms with van der Waals surface area (Å²) in [7, 11) is 0. The Kier molecular flexibility index (Phi) is 3.59. The molecule has 0 bridgehead atoms. The first-order valence-electron chi connectivity index (χ1n) is 8.21. The predicted molar refractivity (Wildman–Crippen MR) is 93.7 cm³/mol. The van der Waals surface area contributed by atoms with Crippen LogP contribution in [0.3, 0.4) is 0 Å². The molecule has 0 saturated carbocycles. The van der Waals surface area contributed by atoms with Crippen molar-refractivity contribution in [2.45, 2.75) is 6.42 Å². The average molecular weight is 290 g/mol. The molecular formula is C20H22N2. The summed E-state index contributed by atoms with van der Waals surface area (Å²) in [5.41, 5.74) is 4.20. The summed E-state index contributed by atoms with van der Waals surface area (Å²) in [5.74, 6) is 0.590. The van der Waals surface area contributed by atoms with E-state index in [0.29, 0.717) is 5.92 Å². The Morgan fingerprint density at radius 2 is 1.82 bits per heavy atom. The predicted octanol–water partition coefficient (Wildman–Crippen LogP) is 3.85. The summed E-state index contributed by atoms with van der Waals surface area (Å²) in [6.45, 7) is 4.22. The van der Waals surface area contributed by atoms with E-state index < -0.39 is 0 Å². The smallest absolute Gasteiger partial charge is 0.0443 e. The summed E-state index contributed by atoms with van der Waals surface area (Å²) in [6.07, 6.45) is 17.1. The van der Waals surface area contributed by atoms with Gasteiger partial charge in [-0.05, 0) is 24.1 Å². The van der Waals surface area contributed by atoms with Gasteiger partial charge in [-0.1, -0.05) is 54.7 Å². The van der Waals surface area contributed by atoms with Crippen LogP contribution in [0.4, 0.5) is 5.69 Å². The average Bonchev–Trinajstić information content (AvgIpc) is 2.60. The Morgan fingerprint density at radius 1 is 0.955 bits per heavy atom. The molecule has 22 heavy (non-hydrogen) atoms. The molecular weight excluding hydrogens is 268 g/mol. The molecule has 0 radical (unpaired) electrons. The lowest BCUT2D eigenvalue weighted by atomic mass is 9.93. The van der Waals surface area contributed by atoms with Crippen molar-refractivity contribution in [2.24, 2.45) is 5.92 Å². The second-order valence-electron chi connectivity index (χ2n) is 6.14. The molecule has 3 aliphatic rings. The van der Waals surface area contributed by atoms with Crippen LogP contribution in [0.2, 0.25) is 0 Å². The fraction of sp³-hybridized carbons (Fsp3) is 0.300. The zero-order valence-electron chi connectivity index (χ0n) is 12.9. The summed E-state index contributed by atoms with van der Waals surface area (Å²) < 4.78 is 0. The summed E-state index contributed by atoms with van der Waals surface area (Å²) in [4.78, 5) is 5.02. The van der Waals surface area contributed by atoms with Gasteiger partial charge in [0.05, 0.1) is 0 Å². The van der Waals surface area contributed by atoms with Gasteiger partial charge in [-0.3, -0.25) is 0 Å². The zero-order chi connectivity index (χ0) is 14.8. The highest BCUT2D eigenvalue weighted by Gasteiger charge is 2.22. The molecule has 0 fully saturated rings. The fourth-order valence-corrected chi connectivity index (χ4v) is 3.61. The van der Waals surface area contributed by atoms with Crippen molar-refractivity contribution in [1.82, 2.24) is 4.90 Å². The van der Waals surface area contributed by atoms with E-state index in [1.807, 2.05) is 0 Å². The van der Waals surface area contributed by atoms with Crippen LogP contribution in [0.5, 0.6) is 0 Å². The number of hydrogen-bond acceptors (Lipinski definition) is 2. The number of rotatable bonds is 3. The van der Waals surface area contributed by atoms with Crippen molar-refractivity contribution in [3.63, 3.8) is 0 Å². The van der Waals surface area contributed by atoms with E-state index in [9.17, 15) is 0 Å². The Bertz CT molecular complexity index is 666. The molecule has 0 aromatic heterocycles. The Balaban J connectivity index is 1.47. The second-order valence-corrected chi connectivity index (χ2v) is 6.14. The van der Waals surface area contributed by atoms with E-state index in [2.05, 4.69) is 76.6 Å². The van der Waals surface area contributed by atoms with E-state index in [0.717, 1.165) is 32.6 Å². The van der Waals surface area contributed by atoms with Gasteiger partial charge in [0.25, 0.3) is 0 Å². The van der Waals surface area contributed by atoms with Gasteiger partial charge in [0.1, 0.15) is 0 Å². The largest absolute Gasteiger partial charge is 0.369 e. The highest BCUT2D eigenvalue weighted by Crippen LogP contribution is 2.29. The van der Waals surface area contributed by atoms with Gasteiger partial charge in [-0.15, -0.1) is 0 Å². The van der Waals surface area contributed by atoms with Crippen LogP contribution in [0, 0.1) is 5.92 Å². The molecule has 1 atom stereocenters. The van der Waals surface area contributed by atoms with Gasteiger partial charge in [0, 0.05) is 43.5 Å². The summed E-state index contributed by atoms with van der Waals surface area (Å²) in [6, 6.07) is 8.69. The monoisotopic (exact) mass is 290 g/mol. The molecule has 1 aromatic carbocycles. The molecule has 1 aliphatic carbocycles. The van der Waals surface area contributed by atoms with Gasteiger partial charge < -0.3 is 9.80 Å². The molecule has 2 heteroatoms.